The van der Waals surface area contributed by atoms with Crippen molar-refractivity contribution in [3.8, 4) is 0 Å². The maximum absolute atomic E-state index is 12.6. The summed E-state index contributed by atoms with van der Waals surface area (Å²) in [6.07, 6.45) is 5.80. The highest BCUT2D eigenvalue weighted by atomic mass is 35.5. The zero-order valence-corrected chi connectivity index (χ0v) is 13.6. The van der Waals surface area contributed by atoms with E-state index < -0.39 is 5.54 Å². The van der Waals surface area contributed by atoms with Crippen LogP contribution in [0.3, 0.4) is 0 Å². The Morgan fingerprint density at radius 3 is 2.86 bits per heavy atom. The van der Waals surface area contributed by atoms with E-state index in [9.17, 15) is 4.79 Å². The fraction of sp³-hybridized carbons (Fsp3) is 0.562. The van der Waals surface area contributed by atoms with Gasteiger partial charge in [-0.25, -0.2) is 0 Å². The minimum absolute atomic E-state index is 0.00465. The molecule has 1 aromatic carbocycles. The van der Waals surface area contributed by atoms with Gasteiger partial charge in [0.2, 0.25) is 5.91 Å². The molecule has 2 aliphatic rings. The minimum atomic E-state index is -0.679. The Kier molecular flexibility index (Phi) is 4.48. The molecular weight excluding hydrogens is 304 g/mol. The summed E-state index contributed by atoms with van der Waals surface area (Å²) in [5.41, 5.74) is 6.78. The fourth-order valence-corrected chi connectivity index (χ4v) is 4.51. The molecule has 1 aliphatic heterocycles. The predicted molar refractivity (Wildman–Crippen MR) is 87.7 cm³/mol. The number of rotatable bonds is 2. The van der Waals surface area contributed by atoms with Crippen LogP contribution in [-0.2, 0) is 4.79 Å². The fourth-order valence-electron chi connectivity index (χ4n) is 3.23. The number of carbonyl (C=O) groups excluding carboxylic acids is 1. The van der Waals surface area contributed by atoms with E-state index >= 15 is 0 Å². The van der Waals surface area contributed by atoms with Gasteiger partial charge in [-0.1, -0.05) is 30.9 Å². The molecular formula is C16H21ClN2OS. The molecule has 0 bridgehead atoms. The highest BCUT2D eigenvalue weighted by molar-refractivity contribution is 7.99. The number of halogens is 1. The highest BCUT2D eigenvalue weighted by Gasteiger charge is 2.37. The van der Waals surface area contributed by atoms with Crippen LogP contribution in [0.4, 0.5) is 0 Å². The summed E-state index contributed by atoms with van der Waals surface area (Å²) in [4.78, 5) is 13.8. The summed E-state index contributed by atoms with van der Waals surface area (Å²) in [7, 11) is 0. The molecule has 1 unspecified atom stereocenters. The van der Waals surface area contributed by atoms with Gasteiger partial charge in [-0.15, -0.1) is 11.8 Å². The standard InChI is InChI=1S/C16H21ClN2OS/c17-11-4-5-14-12(10-11)13(6-9-21-14)19-15(20)16(18)7-2-1-3-8-16/h4-5,10,13H,1-3,6-9,18H2,(H,19,20). The van der Waals surface area contributed by atoms with Crippen molar-refractivity contribution < 1.29 is 4.79 Å². The number of amides is 1. The Bertz CT molecular complexity index is 543. The van der Waals surface area contributed by atoms with Gasteiger partial charge in [0.05, 0.1) is 11.6 Å². The summed E-state index contributed by atoms with van der Waals surface area (Å²) in [5.74, 6) is 1.02. The van der Waals surface area contributed by atoms with E-state index in [-0.39, 0.29) is 11.9 Å². The van der Waals surface area contributed by atoms with Crippen molar-refractivity contribution in [2.75, 3.05) is 5.75 Å². The van der Waals surface area contributed by atoms with Crippen LogP contribution in [-0.4, -0.2) is 17.2 Å². The molecule has 114 valence electrons. The van der Waals surface area contributed by atoms with Gasteiger partial charge in [0.1, 0.15) is 0 Å². The van der Waals surface area contributed by atoms with Crippen LogP contribution in [0.5, 0.6) is 0 Å². The molecule has 1 saturated carbocycles. The van der Waals surface area contributed by atoms with Crippen LogP contribution >= 0.6 is 23.4 Å². The number of fused-ring (bicyclic) bond motifs is 1. The van der Waals surface area contributed by atoms with Gasteiger partial charge in [0.15, 0.2) is 0 Å². The van der Waals surface area contributed by atoms with Gasteiger partial charge < -0.3 is 11.1 Å². The predicted octanol–water partition coefficient (Wildman–Crippen LogP) is 3.65. The molecule has 0 saturated heterocycles. The molecule has 1 aliphatic carbocycles. The van der Waals surface area contributed by atoms with Gasteiger partial charge in [0, 0.05) is 15.7 Å². The lowest BCUT2D eigenvalue weighted by atomic mass is 9.81. The van der Waals surface area contributed by atoms with Crippen LogP contribution in [0.1, 0.15) is 50.1 Å². The first-order valence-corrected chi connectivity index (χ1v) is 8.97. The Hall–Kier alpha value is -0.710. The summed E-state index contributed by atoms with van der Waals surface area (Å²) < 4.78 is 0. The first kappa shape index (κ1) is 15.2. The zero-order chi connectivity index (χ0) is 14.9. The first-order valence-electron chi connectivity index (χ1n) is 7.61. The third-order valence-electron chi connectivity index (χ3n) is 4.51. The molecule has 0 spiro atoms. The van der Waals surface area contributed by atoms with Crippen molar-refractivity contribution in [2.45, 2.75) is 55.0 Å². The van der Waals surface area contributed by atoms with E-state index in [0.29, 0.717) is 0 Å². The van der Waals surface area contributed by atoms with E-state index in [1.54, 1.807) is 0 Å². The molecule has 0 radical (unpaired) electrons. The van der Waals surface area contributed by atoms with Crippen LogP contribution in [0.15, 0.2) is 23.1 Å². The molecule has 1 atom stereocenters. The first-order chi connectivity index (χ1) is 10.1. The number of hydrogen-bond donors (Lipinski definition) is 2. The monoisotopic (exact) mass is 324 g/mol. The van der Waals surface area contributed by atoms with Crippen molar-refractivity contribution in [3.05, 3.63) is 28.8 Å². The lowest BCUT2D eigenvalue weighted by molar-refractivity contribution is -0.128. The molecule has 3 N–H and O–H groups in total. The lowest BCUT2D eigenvalue weighted by Crippen LogP contribution is -2.55. The summed E-state index contributed by atoms with van der Waals surface area (Å²) >= 11 is 7.93. The number of nitrogens with two attached hydrogens (primary N) is 1. The molecule has 5 heteroatoms. The maximum Gasteiger partial charge on any atom is 0.240 e. The topological polar surface area (TPSA) is 55.1 Å². The molecule has 1 aromatic rings. The van der Waals surface area contributed by atoms with Gasteiger partial charge in [0.25, 0.3) is 0 Å². The SMILES string of the molecule is NC1(C(=O)NC2CCSc3ccc(Cl)cc32)CCCCC1. The number of hydrogen-bond acceptors (Lipinski definition) is 3. The summed E-state index contributed by atoms with van der Waals surface area (Å²) in [6, 6.07) is 5.95. The second-order valence-corrected chi connectivity index (χ2v) is 7.64. The zero-order valence-electron chi connectivity index (χ0n) is 12.0. The van der Waals surface area contributed by atoms with Gasteiger partial charge in [-0.05, 0) is 43.0 Å². The van der Waals surface area contributed by atoms with Crippen LogP contribution in [0.25, 0.3) is 0 Å². The number of carbonyl (C=O) groups is 1. The number of nitrogens with one attached hydrogen (secondary N) is 1. The maximum atomic E-state index is 12.6. The van der Waals surface area contributed by atoms with E-state index in [2.05, 4.69) is 5.32 Å². The normalized spacial score (nSPS) is 24.2. The average Bonchev–Trinajstić information content (AvgIpc) is 2.48. The average molecular weight is 325 g/mol. The van der Waals surface area contributed by atoms with Crippen LogP contribution < -0.4 is 11.1 Å². The third kappa shape index (κ3) is 3.22. The molecule has 0 aromatic heterocycles. The van der Waals surface area contributed by atoms with Crippen molar-refractivity contribution in [2.24, 2.45) is 5.73 Å². The smallest absolute Gasteiger partial charge is 0.240 e. The van der Waals surface area contributed by atoms with Gasteiger partial charge in [-0.2, -0.15) is 0 Å². The van der Waals surface area contributed by atoms with Crippen molar-refractivity contribution in [1.29, 1.82) is 0 Å². The molecule has 1 amide bonds. The second-order valence-electron chi connectivity index (χ2n) is 6.06. The number of benzene rings is 1. The third-order valence-corrected chi connectivity index (χ3v) is 5.87. The largest absolute Gasteiger partial charge is 0.348 e. The summed E-state index contributed by atoms with van der Waals surface area (Å²) in [6.45, 7) is 0. The van der Waals surface area contributed by atoms with E-state index in [1.165, 1.54) is 11.3 Å². The van der Waals surface area contributed by atoms with Crippen molar-refractivity contribution in [3.63, 3.8) is 0 Å². The highest BCUT2D eigenvalue weighted by Crippen LogP contribution is 2.38. The Labute approximate surface area is 135 Å². The molecule has 1 heterocycles. The molecule has 3 rings (SSSR count). The minimum Gasteiger partial charge on any atom is -0.348 e. The van der Waals surface area contributed by atoms with E-state index in [0.717, 1.165) is 48.4 Å². The van der Waals surface area contributed by atoms with Crippen LogP contribution in [0.2, 0.25) is 5.02 Å². The van der Waals surface area contributed by atoms with E-state index in [4.69, 9.17) is 17.3 Å². The molecule has 3 nitrogen and oxygen atoms in total. The number of thioether (sulfide) groups is 1. The lowest BCUT2D eigenvalue weighted by Gasteiger charge is -2.35. The van der Waals surface area contributed by atoms with Gasteiger partial charge in [-0.3, -0.25) is 4.79 Å². The summed E-state index contributed by atoms with van der Waals surface area (Å²) in [5, 5.41) is 3.89. The quantitative estimate of drug-likeness (QED) is 0.873. The van der Waals surface area contributed by atoms with Crippen molar-refractivity contribution >= 4 is 29.3 Å². The Morgan fingerprint density at radius 1 is 1.33 bits per heavy atom. The van der Waals surface area contributed by atoms with Crippen molar-refractivity contribution in [1.82, 2.24) is 5.32 Å². The Morgan fingerprint density at radius 2 is 2.10 bits per heavy atom. The van der Waals surface area contributed by atoms with Crippen LogP contribution in [0, 0.1) is 0 Å². The van der Waals surface area contributed by atoms with Gasteiger partial charge >= 0.3 is 0 Å². The Balaban J connectivity index is 1.77. The van der Waals surface area contributed by atoms with E-state index in [1.807, 2.05) is 30.0 Å². The second kappa shape index (κ2) is 6.19. The molecule has 21 heavy (non-hydrogen) atoms. The molecule has 1 fully saturated rings.